The molecule has 0 aromatic heterocycles. The zero-order valence-electron chi connectivity index (χ0n) is 18.1. The topological polar surface area (TPSA) is 80.7 Å². The number of ketones is 2. The molecule has 1 N–H and O–H groups in total. The molecule has 29 heavy (non-hydrogen) atoms. The van der Waals surface area contributed by atoms with Crippen LogP contribution in [0.15, 0.2) is 11.6 Å². The summed E-state index contributed by atoms with van der Waals surface area (Å²) >= 11 is 0. The standard InChI is InChI=1S/C24H34O5/c1-5-20(28)29-24(14(2)25)11-9-18-17-7-6-15-12-16(26)8-10-22(15,3)21(17)19(27)13-23(18,24)4/h12,17-19,21,27H,5-11,13H2,1-4H3/t17-,18-,19?,21+,22-,23-,24-/m0/s1. The van der Waals surface area contributed by atoms with E-state index in [1.54, 1.807) is 6.92 Å². The van der Waals surface area contributed by atoms with Gasteiger partial charge in [-0.1, -0.05) is 26.3 Å². The Labute approximate surface area is 173 Å². The van der Waals surface area contributed by atoms with Crippen LogP contribution in [0.5, 0.6) is 0 Å². The van der Waals surface area contributed by atoms with Crippen molar-refractivity contribution < 1.29 is 24.2 Å². The predicted molar refractivity (Wildman–Crippen MR) is 108 cm³/mol. The molecule has 0 spiro atoms. The Hall–Kier alpha value is -1.49. The van der Waals surface area contributed by atoms with Crippen LogP contribution in [0.3, 0.4) is 0 Å². The first-order chi connectivity index (χ1) is 13.6. The van der Waals surface area contributed by atoms with Crippen LogP contribution in [0.4, 0.5) is 0 Å². The van der Waals surface area contributed by atoms with Gasteiger partial charge in [0.15, 0.2) is 17.2 Å². The number of allylic oxidation sites excluding steroid dienone is 1. The van der Waals surface area contributed by atoms with Crippen LogP contribution in [-0.2, 0) is 19.1 Å². The van der Waals surface area contributed by atoms with Gasteiger partial charge in [0.2, 0.25) is 0 Å². The molecule has 0 saturated heterocycles. The van der Waals surface area contributed by atoms with Crippen molar-refractivity contribution in [1.29, 1.82) is 0 Å². The van der Waals surface area contributed by atoms with Crippen LogP contribution in [0, 0.1) is 28.6 Å². The fourth-order valence-electron chi connectivity index (χ4n) is 7.76. The smallest absolute Gasteiger partial charge is 0.306 e. The molecule has 3 saturated carbocycles. The minimum atomic E-state index is -1.13. The minimum Gasteiger partial charge on any atom is -0.450 e. The average molecular weight is 403 g/mol. The molecule has 4 rings (SSSR count). The second-order valence-corrected chi connectivity index (χ2v) is 10.3. The number of hydrogen-bond acceptors (Lipinski definition) is 5. The molecule has 1 unspecified atom stereocenters. The maximum absolute atomic E-state index is 12.9. The molecular weight excluding hydrogens is 368 g/mol. The van der Waals surface area contributed by atoms with Gasteiger partial charge in [-0.25, -0.2) is 0 Å². The van der Waals surface area contributed by atoms with Crippen LogP contribution in [0.1, 0.15) is 79.1 Å². The van der Waals surface area contributed by atoms with E-state index in [2.05, 4.69) is 13.8 Å². The third-order valence-corrected chi connectivity index (χ3v) is 9.16. The SMILES string of the molecule is CCC(=O)O[C@]1(C(C)=O)CC[C@H]2[C@@H]3CCC4=CC(=O)CC[C@]4(C)[C@H]3C(O)C[C@@]21C. The van der Waals surface area contributed by atoms with E-state index in [1.165, 1.54) is 12.5 Å². The van der Waals surface area contributed by atoms with Crippen molar-refractivity contribution in [2.75, 3.05) is 0 Å². The Bertz CT molecular complexity index is 784. The summed E-state index contributed by atoms with van der Waals surface area (Å²) < 4.78 is 5.90. The Balaban J connectivity index is 1.74. The van der Waals surface area contributed by atoms with E-state index < -0.39 is 17.1 Å². The van der Waals surface area contributed by atoms with Gasteiger partial charge in [0.25, 0.3) is 0 Å². The molecule has 5 heteroatoms. The number of carbonyl (C=O) groups is 3. The molecule has 4 aliphatic carbocycles. The molecule has 0 amide bonds. The Morgan fingerprint density at radius 2 is 1.93 bits per heavy atom. The highest BCUT2D eigenvalue weighted by molar-refractivity contribution is 5.92. The molecule has 0 aromatic rings. The molecule has 4 aliphatic rings. The number of ether oxygens (including phenoxy) is 1. The van der Waals surface area contributed by atoms with Crippen molar-refractivity contribution in [2.24, 2.45) is 28.6 Å². The molecule has 7 atom stereocenters. The highest BCUT2D eigenvalue weighted by Crippen LogP contribution is 2.68. The van der Waals surface area contributed by atoms with E-state index in [0.29, 0.717) is 19.3 Å². The van der Waals surface area contributed by atoms with Gasteiger partial charge in [0.1, 0.15) is 0 Å². The number of Topliss-reactive ketones (excluding diaryl/α,β-unsaturated/α-hetero) is 1. The third kappa shape index (κ3) is 2.72. The summed E-state index contributed by atoms with van der Waals surface area (Å²) in [6, 6.07) is 0. The molecule has 0 aliphatic heterocycles. The van der Waals surface area contributed by atoms with Gasteiger partial charge < -0.3 is 9.84 Å². The summed E-state index contributed by atoms with van der Waals surface area (Å²) in [5.74, 6) is 0.375. The lowest BCUT2D eigenvalue weighted by molar-refractivity contribution is -0.200. The summed E-state index contributed by atoms with van der Waals surface area (Å²) in [6.07, 6.45) is 6.50. The normalized spacial score (nSPS) is 46.2. The summed E-state index contributed by atoms with van der Waals surface area (Å²) in [5, 5.41) is 11.4. The quantitative estimate of drug-likeness (QED) is 0.727. The number of fused-ring (bicyclic) bond motifs is 5. The molecule has 160 valence electrons. The fourth-order valence-corrected chi connectivity index (χ4v) is 7.76. The van der Waals surface area contributed by atoms with Gasteiger partial charge in [-0.15, -0.1) is 0 Å². The molecular formula is C24H34O5. The van der Waals surface area contributed by atoms with Gasteiger partial charge in [0, 0.05) is 18.3 Å². The maximum atomic E-state index is 12.9. The zero-order chi connectivity index (χ0) is 21.2. The third-order valence-electron chi connectivity index (χ3n) is 9.16. The Morgan fingerprint density at radius 3 is 2.59 bits per heavy atom. The van der Waals surface area contributed by atoms with Gasteiger partial charge in [0.05, 0.1) is 6.10 Å². The van der Waals surface area contributed by atoms with E-state index in [9.17, 15) is 19.5 Å². The van der Waals surface area contributed by atoms with Crippen molar-refractivity contribution in [1.82, 2.24) is 0 Å². The number of hydrogen-bond donors (Lipinski definition) is 1. The zero-order valence-corrected chi connectivity index (χ0v) is 18.1. The van der Waals surface area contributed by atoms with Crippen molar-refractivity contribution >= 4 is 17.5 Å². The molecule has 0 heterocycles. The maximum Gasteiger partial charge on any atom is 0.306 e. The van der Waals surface area contributed by atoms with E-state index in [4.69, 9.17) is 4.74 Å². The first-order valence-corrected chi connectivity index (χ1v) is 11.2. The summed E-state index contributed by atoms with van der Waals surface area (Å²) in [7, 11) is 0. The van der Waals surface area contributed by atoms with Gasteiger partial charge in [-0.3, -0.25) is 14.4 Å². The molecule has 3 fully saturated rings. The average Bonchev–Trinajstić information content (AvgIpc) is 2.94. The van der Waals surface area contributed by atoms with Gasteiger partial charge in [-0.05, 0) is 74.7 Å². The Kier molecular flexibility index (Phi) is 4.84. The van der Waals surface area contributed by atoms with Crippen LogP contribution in [0.25, 0.3) is 0 Å². The lowest BCUT2D eigenvalue weighted by Gasteiger charge is -2.60. The van der Waals surface area contributed by atoms with E-state index in [0.717, 1.165) is 25.7 Å². The summed E-state index contributed by atoms with van der Waals surface area (Å²) in [5.41, 5.74) is -0.632. The fraction of sp³-hybridized carbons (Fsp3) is 0.792. The first-order valence-electron chi connectivity index (χ1n) is 11.2. The van der Waals surface area contributed by atoms with Crippen molar-refractivity contribution in [3.8, 4) is 0 Å². The number of rotatable bonds is 3. The number of esters is 1. The number of carbonyl (C=O) groups excluding carboxylic acids is 3. The van der Waals surface area contributed by atoms with Crippen LogP contribution >= 0.6 is 0 Å². The van der Waals surface area contributed by atoms with E-state index in [-0.39, 0.29) is 47.1 Å². The molecule has 5 nitrogen and oxygen atoms in total. The van der Waals surface area contributed by atoms with Gasteiger partial charge >= 0.3 is 5.97 Å². The number of aliphatic hydroxyl groups is 1. The first kappa shape index (κ1) is 20.8. The largest absolute Gasteiger partial charge is 0.450 e. The second-order valence-electron chi connectivity index (χ2n) is 10.3. The van der Waals surface area contributed by atoms with Crippen LogP contribution < -0.4 is 0 Å². The van der Waals surface area contributed by atoms with Crippen LogP contribution in [0.2, 0.25) is 0 Å². The van der Waals surface area contributed by atoms with Crippen molar-refractivity contribution in [3.63, 3.8) is 0 Å². The summed E-state index contributed by atoms with van der Waals surface area (Å²) in [4.78, 5) is 37.1. The van der Waals surface area contributed by atoms with E-state index in [1.807, 2.05) is 6.08 Å². The highest BCUT2D eigenvalue weighted by Gasteiger charge is 2.69. The summed E-state index contributed by atoms with van der Waals surface area (Å²) in [6.45, 7) is 7.56. The van der Waals surface area contributed by atoms with Crippen molar-refractivity contribution in [2.45, 2.75) is 90.8 Å². The molecule has 0 bridgehead atoms. The predicted octanol–water partition coefficient (Wildman–Crippen LogP) is 3.77. The Morgan fingerprint density at radius 1 is 1.21 bits per heavy atom. The second kappa shape index (κ2) is 6.76. The molecule has 0 radical (unpaired) electrons. The monoisotopic (exact) mass is 402 g/mol. The minimum absolute atomic E-state index is 0.0957. The van der Waals surface area contributed by atoms with Crippen LogP contribution in [-0.4, -0.2) is 34.3 Å². The lowest BCUT2D eigenvalue weighted by atomic mass is 9.45. The number of aliphatic hydroxyl groups excluding tert-OH is 1. The molecule has 0 aromatic carbocycles. The lowest BCUT2D eigenvalue weighted by Crippen LogP contribution is -2.62. The highest BCUT2D eigenvalue weighted by atomic mass is 16.6. The van der Waals surface area contributed by atoms with E-state index >= 15 is 0 Å². The van der Waals surface area contributed by atoms with Crippen molar-refractivity contribution in [3.05, 3.63) is 11.6 Å². The van der Waals surface area contributed by atoms with Gasteiger partial charge in [-0.2, -0.15) is 0 Å².